The fourth-order valence-corrected chi connectivity index (χ4v) is 3.69. The maximum atomic E-state index is 13.1. The third-order valence-electron chi connectivity index (χ3n) is 5.39. The lowest BCUT2D eigenvalue weighted by Gasteiger charge is -2.16. The highest BCUT2D eigenvalue weighted by molar-refractivity contribution is 5.78. The predicted molar refractivity (Wildman–Crippen MR) is 113 cm³/mol. The molecule has 1 aliphatic heterocycles. The van der Waals surface area contributed by atoms with Gasteiger partial charge in [-0.2, -0.15) is 4.98 Å². The molecule has 0 radical (unpaired) electrons. The summed E-state index contributed by atoms with van der Waals surface area (Å²) in [6, 6.07) is 8.06. The quantitative estimate of drug-likeness (QED) is 0.453. The van der Waals surface area contributed by atoms with Crippen LogP contribution in [-0.4, -0.2) is 37.8 Å². The number of benzene rings is 1. The second kappa shape index (κ2) is 7.81. The van der Waals surface area contributed by atoms with Gasteiger partial charge in [-0.1, -0.05) is 31.0 Å². The van der Waals surface area contributed by atoms with Gasteiger partial charge in [0.25, 0.3) is 5.56 Å². The van der Waals surface area contributed by atoms with Crippen molar-refractivity contribution in [3.05, 3.63) is 50.7 Å². The van der Waals surface area contributed by atoms with E-state index in [2.05, 4.69) is 4.98 Å². The number of esters is 1. The van der Waals surface area contributed by atoms with Gasteiger partial charge in [-0.15, -0.1) is 0 Å². The summed E-state index contributed by atoms with van der Waals surface area (Å²) in [5, 5.41) is 0. The van der Waals surface area contributed by atoms with Gasteiger partial charge in [0.2, 0.25) is 5.95 Å². The van der Waals surface area contributed by atoms with Crippen LogP contribution in [0, 0.1) is 6.92 Å². The minimum Gasteiger partial charge on any atom is -0.464 e. The molecule has 0 atom stereocenters. The Bertz CT molecular complexity index is 1220. The first-order chi connectivity index (χ1) is 14.4. The zero-order valence-corrected chi connectivity index (χ0v) is 17.4. The molecule has 3 heterocycles. The summed E-state index contributed by atoms with van der Waals surface area (Å²) >= 11 is 0. The van der Waals surface area contributed by atoms with E-state index in [-0.39, 0.29) is 6.61 Å². The van der Waals surface area contributed by atoms with Crippen LogP contribution in [-0.2, 0) is 29.7 Å². The van der Waals surface area contributed by atoms with Gasteiger partial charge in [0.05, 0.1) is 6.61 Å². The van der Waals surface area contributed by atoms with Crippen LogP contribution in [0.5, 0.6) is 0 Å². The lowest BCUT2D eigenvalue weighted by atomic mass is 10.2. The topological polar surface area (TPSA) is 91.4 Å². The van der Waals surface area contributed by atoms with Crippen LogP contribution in [0.3, 0.4) is 0 Å². The van der Waals surface area contributed by atoms with Gasteiger partial charge < -0.3 is 14.2 Å². The van der Waals surface area contributed by atoms with Gasteiger partial charge >= 0.3 is 11.7 Å². The summed E-state index contributed by atoms with van der Waals surface area (Å²) in [7, 11) is 1.56. The van der Waals surface area contributed by atoms with E-state index in [1.165, 1.54) is 4.57 Å². The number of imidazole rings is 1. The number of hydrogen-bond acceptors (Lipinski definition) is 6. The molecule has 1 aliphatic rings. The lowest BCUT2D eigenvalue weighted by molar-refractivity contribution is -0.144. The van der Waals surface area contributed by atoms with Gasteiger partial charge in [-0.05, 0) is 25.5 Å². The summed E-state index contributed by atoms with van der Waals surface area (Å²) in [4.78, 5) is 44.6. The Morgan fingerprint density at radius 2 is 1.90 bits per heavy atom. The van der Waals surface area contributed by atoms with Gasteiger partial charge in [-0.3, -0.25) is 14.2 Å². The molecule has 0 saturated heterocycles. The van der Waals surface area contributed by atoms with Crippen molar-refractivity contribution < 1.29 is 9.53 Å². The summed E-state index contributed by atoms with van der Waals surface area (Å²) in [5.74, 6) is 0.0219. The Kier molecular flexibility index (Phi) is 5.19. The Morgan fingerprint density at radius 3 is 2.60 bits per heavy atom. The summed E-state index contributed by atoms with van der Waals surface area (Å²) < 4.78 is 9.19. The van der Waals surface area contributed by atoms with E-state index >= 15 is 0 Å². The first-order valence-electron chi connectivity index (χ1n) is 10.1. The van der Waals surface area contributed by atoms with Crippen molar-refractivity contribution in [1.82, 2.24) is 18.7 Å². The first kappa shape index (κ1) is 19.9. The van der Waals surface area contributed by atoms with E-state index in [4.69, 9.17) is 4.74 Å². The first-order valence-corrected chi connectivity index (χ1v) is 10.1. The molecule has 9 heteroatoms. The number of ether oxygens (including phenoxy) is 1. The van der Waals surface area contributed by atoms with Gasteiger partial charge in [0.1, 0.15) is 6.54 Å². The Hall–Kier alpha value is -3.36. The highest BCUT2D eigenvalue weighted by atomic mass is 16.5. The van der Waals surface area contributed by atoms with Crippen molar-refractivity contribution in [2.45, 2.75) is 39.8 Å². The molecule has 9 nitrogen and oxygen atoms in total. The standard InChI is InChI=1S/C21H25N5O4/c1-4-5-12-30-16(27)13-26-19(28)17-18(23(3)21(26)29)22-20-24(10-11-25(17)20)15-8-6-14(2)7-9-15/h6-9H,4-5,10-13H2,1-3H3. The largest absolute Gasteiger partial charge is 0.464 e. The number of aromatic nitrogens is 4. The average Bonchev–Trinajstić information content (AvgIpc) is 3.30. The molecule has 0 unspecified atom stereocenters. The van der Waals surface area contributed by atoms with Gasteiger partial charge in [0.15, 0.2) is 11.2 Å². The van der Waals surface area contributed by atoms with Crippen LogP contribution in [0.1, 0.15) is 25.3 Å². The molecule has 0 spiro atoms. The smallest absolute Gasteiger partial charge is 0.333 e. The minimum atomic E-state index is -0.593. The minimum absolute atomic E-state index is 0.278. The number of carbonyl (C=O) groups excluding carboxylic acids is 1. The molecule has 3 aromatic rings. The van der Waals surface area contributed by atoms with E-state index < -0.39 is 23.8 Å². The molecule has 2 aromatic heterocycles. The summed E-state index contributed by atoms with van der Waals surface area (Å²) in [5.41, 5.74) is 1.65. The summed E-state index contributed by atoms with van der Waals surface area (Å²) in [6.07, 6.45) is 1.63. The molecule has 158 valence electrons. The molecule has 30 heavy (non-hydrogen) atoms. The molecule has 0 saturated carbocycles. The number of anilines is 2. The third kappa shape index (κ3) is 3.30. The highest BCUT2D eigenvalue weighted by Crippen LogP contribution is 2.31. The fourth-order valence-electron chi connectivity index (χ4n) is 3.69. The van der Waals surface area contributed by atoms with Crippen LogP contribution >= 0.6 is 0 Å². The Morgan fingerprint density at radius 1 is 1.17 bits per heavy atom. The van der Waals surface area contributed by atoms with Crippen molar-refractivity contribution in [2.75, 3.05) is 18.1 Å². The van der Waals surface area contributed by atoms with Crippen molar-refractivity contribution in [1.29, 1.82) is 0 Å². The zero-order valence-electron chi connectivity index (χ0n) is 17.4. The number of carbonyl (C=O) groups is 1. The molecule has 0 N–H and O–H groups in total. The Balaban J connectivity index is 1.76. The SMILES string of the molecule is CCCCOC(=O)Cn1c(=O)c2c(nc3n2CCN3c2ccc(C)cc2)n(C)c1=O. The average molecular weight is 411 g/mol. The second-order valence-corrected chi connectivity index (χ2v) is 7.53. The number of nitrogens with zero attached hydrogens (tertiary/aromatic N) is 5. The highest BCUT2D eigenvalue weighted by Gasteiger charge is 2.29. The van der Waals surface area contributed by atoms with Crippen LogP contribution < -0.4 is 16.1 Å². The number of aryl methyl sites for hydroxylation is 2. The number of unbranched alkanes of at least 4 members (excludes halogenated alkanes) is 1. The molecule has 0 fully saturated rings. The molecule has 1 aromatic carbocycles. The van der Waals surface area contributed by atoms with Crippen LogP contribution in [0.4, 0.5) is 11.6 Å². The van der Waals surface area contributed by atoms with Crippen molar-refractivity contribution >= 4 is 28.8 Å². The third-order valence-corrected chi connectivity index (χ3v) is 5.39. The van der Waals surface area contributed by atoms with Gasteiger partial charge in [-0.25, -0.2) is 9.36 Å². The monoisotopic (exact) mass is 411 g/mol. The van der Waals surface area contributed by atoms with E-state index in [0.29, 0.717) is 30.2 Å². The normalized spacial score (nSPS) is 13.1. The summed E-state index contributed by atoms with van der Waals surface area (Å²) in [6.45, 7) is 5.11. The maximum Gasteiger partial charge on any atom is 0.333 e. The van der Waals surface area contributed by atoms with Crippen molar-refractivity contribution in [3.63, 3.8) is 0 Å². The van der Waals surface area contributed by atoms with E-state index in [1.807, 2.05) is 47.6 Å². The van der Waals surface area contributed by atoms with E-state index in [9.17, 15) is 14.4 Å². The van der Waals surface area contributed by atoms with Gasteiger partial charge in [0, 0.05) is 25.8 Å². The van der Waals surface area contributed by atoms with E-state index in [1.54, 1.807) is 7.05 Å². The molecular formula is C21H25N5O4. The molecular weight excluding hydrogens is 386 g/mol. The molecule has 0 bridgehead atoms. The van der Waals surface area contributed by atoms with E-state index in [0.717, 1.165) is 28.7 Å². The molecule has 4 rings (SSSR count). The zero-order chi connectivity index (χ0) is 21.4. The van der Waals surface area contributed by atoms with Crippen LogP contribution in [0.2, 0.25) is 0 Å². The van der Waals surface area contributed by atoms with Crippen molar-refractivity contribution in [2.24, 2.45) is 7.05 Å². The van der Waals surface area contributed by atoms with Crippen LogP contribution in [0.15, 0.2) is 33.9 Å². The van der Waals surface area contributed by atoms with Crippen molar-refractivity contribution in [3.8, 4) is 0 Å². The second-order valence-electron chi connectivity index (χ2n) is 7.53. The predicted octanol–water partition coefficient (Wildman–Crippen LogP) is 1.70. The lowest BCUT2D eigenvalue weighted by Crippen LogP contribution is -2.41. The number of fused-ring (bicyclic) bond motifs is 3. The fraction of sp³-hybridized carbons (Fsp3) is 0.429. The number of rotatable bonds is 6. The molecule has 0 aliphatic carbocycles. The Labute approximate surface area is 173 Å². The maximum absolute atomic E-state index is 13.1. The molecule has 0 amide bonds. The number of hydrogen-bond donors (Lipinski definition) is 0. The van der Waals surface area contributed by atoms with Crippen LogP contribution in [0.25, 0.3) is 11.2 Å².